The van der Waals surface area contributed by atoms with Gasteiger partial charge in [0.1, 0.15) is 0 Å². The second kappa shape index (κ2) is 14.5. The van der Waals surface area contributed by atoms with Crippen LogP contribution in [0.4, 0.5) is 0 Å². The van der Waals surface area contributed by atoms with Crippen LogP contribution in [0.15, 0.2) is 0 Å². The Hall–Kier alpha value is 0.960. The van der Waals surface area contributed by atoms with E-state index in [-0.39, 0.29) is 29.6 Å². The summed E-state index contributed by atoms with van der Waals surface area (Å²) in [6.07, 6.45) is 7.68. The molecule has 0 aliphatic rings. The van der Waals surface area contributed by atoms with Crippen LogP contribution in [0.25, 0.3) is 0 Å². The standard InChI is InChI=1S/C10H22O.Na/c1-3-5-7-9-11-10-8-6-4-2;/h3-10H2,1-2H3;. The summed E-state index contributed by atoms with van der Waals surface area (Å²) in [6.45, 7) is 6.38. The summed E-state index contributed by atoms with van der Waals surface area (Å²) in [5.74, 6) is 0. The third-order valence-electron chi connectivity index (χ3n) is 1.78. The van der Waals surface area contributed by atoms with Gasteiger partial charge in [-0.25, -0.2) is 0 Å². The minimum Gasteiger partial charge on any atom is -0.381 e. The topological polar surface area (TPSA) is 9.23 Å². The van der Waals surface area contributed by atoms with Gasteiger partial charge in [-0.2, -0.15) is 0 Å². The average molecular weight is 181 g/mol. The first-order valence-electron chi connectivity index (χ1n) is 4.99. The van der Waals surface area contributed by atoms with Crippen molar-refractivity contribution in [2.75, 3.05) is 13.2 Å². The van der Waals surface area contributed by atoms with Crippen LogP contribution in [0.2, 0.25) is 0 Å². The van der Waals surface area contributed by atoms with Crippen LogP contribution in [-0.4, -0.2) is 42.8 Å². The van der Waals surface area contributed by atoms with E-state index >= 15 is 0 Å². The number of unbranched alkanes of at least 4 members (excludes halogenated alkanes) is 4. The molecule has 0 N–H and O–H groups in total. The Morgan fingerprint density at radius 3 is 1.50 bits per heavy atom. The molecule has 0 aromatic carbocycles. The van der Waals surface area contributed by atoms with E-state index in [4.69, 9.17) is 4.74 Å². The maximum Gasteiger partial charge on any atom is 0.0466 e. The van der Waals surface area contributed by atoms with Gasteiger partial charge in [-0.05, 0) is 12.8 Å². The molecule has 0 aliphatic carbocycles. The number of hydrogen-bond acceptors (Lipinski definition) is 1. The van der Waals surface area contributed by atoms with Crippen LogP contribution < -0.4 is 0 Å². The maximum absolute atomic E-state index is 5.44. The summed E-state index contributed by atoms with van der Waals surface area (Å²) >= 11 is 0. The summed E-state index contributed by atoms with van der Waals surface area (Å²) in [5, 5.41) is 0. The normalized spacial score (nSPS) is 9.50. The van der Waals surface area contributed by atoms with Crippen LogP contribution in [0, 0.1) is 0 Å². The van der Waals surface area contributed by atoms with Crippen LogP contribution in [0.5, 0.6) is 0 Å². The molecule has 0 fully saturated rings. The van der Waals surface area contributed by atoms with Crippen LogP contribution in [0.1, 0.15) is 52.4 Å². The SMILES string of the molecule is CCCCCOCCCCC.[Na]. The Labute approximate surface area is 99.6 Å². The second-order valence-corrected chi connectivity index (χ2v) is 3.03. The monoisotopic (exact) mass is 181 g/mol. The first-order chi connectivity index (χ1) is 5.41. The van der Waals surface area contributed by atoms with Crippen molar-refractivity contribution in [1.82, 2.24) is 0 Å². The molecule has 0 atom stereocenters. The van der Waals surface area contributed by atoms with Crippen molar-refractivity contribution in [2.45, 2.75) is 52.4 Å². The number of rotatable bonds is 8. The number of hydrogen-bond donors (Lipinski definition) is 0. The minimum absolute atomic E-state index is 0. The molecular formula is C10H22NaO. The second-order valence-electron chi connectivity index (χ2n) is 3.03. The predicted octanol–water partition coefficient (Wildman–Crippen LogP) is 3.00. The first-order valence-corrected chi connectivity index (χ1v) is 4.99. The van der Waals surface area contributed by atoms with E-state index in [9.17, 15) is 0 Å². The summed E-state index contributed by atoms with van der Waals surface area (Å²) in [4.78, 5) is 0. The molecule has 0 bridgehead atoms. The van der Waals surface area contributed by atoms with Gasteiger partial charge in [-0.15, -0.1) is 0 Å². The smallest absolute Gasteiger partial charge is 0.0466 e. The Bertz CT molecular complexity index is 58.9. The summed E-state index contributed by atoms with van der Waals surface area (Å²) < 4.78 is 5.44. The van der Waals surface area contributed by atoms with E-state index in [0.29, 0.717) is 0 Å². The minimum atomic E-state index is 0. The molecule has 0 unspecified atom stereocenters. The molecule has 12 heavy (non-hydrogen) atoms. The molecule has 0 aliphatic heterocycles. The van der Waals surface area contributed by atoms with E-state index in [1.165, 1.54) is 38.5 Å². The van der Waals surface area contributed by atoms with E-state index in [2.05, 4.69) is 13.8 Å². The van der Waals surface area contributed by atoms with Crippen molar-refractivity contribution in [3.63, 3.8) is 0 Å². The van der Waals surface area contributed by atoms with Gasteiger partial charge in [0.15, 0.2) is 0 Å². The third kappa shape index (κ3) is 13.5. The zero-order valence-electron chi connectivity index (χ0n) is 9.07. The summed E-state index contributed by atoms with van der Waals surface area (Å²) in [6, 6.07) is 0. The molecule has 1 nitrogen and oxygen atoms in total. The molecule has 1 radical (unpaired) electrons. The first kappa shape index (κ1) is 15.4. The van der Waals surface area contributed by atoms with Gasteiger partial charge >= 0.3 is 0 Å². The fraction of sp³-hybridized carbons (Fsp3) is 1.00. The molecule has 0 aromatic heterocycles. The van der Waals surface area contributed by atoms with Gasteiger partial charge in [-0.3, -0.25) is 0 Å². The number of ether oxygens (including phenoxy) is 1. The molecule has 2 heteroatoms. The average Bonchev–Trinajstić information content (AvgIpc) is 2.03. The predicted molar refractivity (Wildman–Crippen MR) is 55.6 cm³/mol. The van der Waals surface area contributed by atoms with Gasteiger partial charge in [0.2, 0.25) is 0 Å². The Balaban J connectivity index is 0. The van der Waals surface area contributed by atoms with Gasteiger partial charge in [0.05, 0.1) is 0 Å². The molecule has 0 heterocycles. The van der Waals surface area contributed by atoms with Gasteiger partial charge < -0.3 is 4.74 Å². The molecule has 0 saturated carbocycles. The largest absolute Gasteiger partial charge is 0.381 e. The van der Waals surface area contributed by atoms with Gasteiger partial charge in [0.25, 0.3) is 0 Å². The zero-order chi connectivity index (χ0) is 8.36. The van der Waals surface area contributed by atoms with Crippen LogP contribution in [0.3, 0.4) is 0 Å². The molecule has 0 rings (SSSR count). The third-order valence-corrected chi connectivity index (χ3v) is 1.78. The van der Waals surface area contributed by atoms with Crippen LogP contribution >= 0.6 is 0 Å². The van der Waals surface area contributed by atoms with E-state index in [1.807, 2.05) is 0 Å². The van der Waals surface area contributed by atoms with E-state index in [1.54, 1.807) is 0 Å². The molecular weight excluding hydrogens is 159 g/mol. The van der Waals surface area contributed by atoms with Crippen molar-refractivity contribution >= 4 is 29.6 Å². The quantitative estimate of drug-likeness (QED) is 0.413. The Morgan fingerprint density at radius 1 is 0.750 bits per heavy atom. The van der Waals surface area contributed by atoms with E-state index < -0.39 is 0 Å². The molecule has 0 spiro atoms. The Morgan fingerprint density at radius 2 is 1.17 bits per heavy atom. The fourth-order valence-electron chi connectivity index (χ4n) is 1.01. The molecule has 0 aromatic rings. The van der Waals surface area contributed by atoms with Crippen molar-refractivity contribution < 1.29 is 4.74 Å². The summed E-state index contributed by atoms with van der Waals surface area (Å²) in [7, 11) is 0. The van der Waals surface area contributed by atoms with Crippen molar-refractivity contribution in [3.8, 4) is 0 Å². The maximum atomic E-state index is 5.44. The van der Waals surface area contributed by atoms with Crippen molar-refractivity contribution in [1.29, 1.82) is 0 Å². The molecule has 69 valence electrons. The van der Waals surface area contributed by atoms with Gasteiger partial charge in [-0.1, -0.05) is 39.5 Å². The summed E-state index contributed by atoms with van der Waals surface area (Å²) in [5.41, 5.74) is 0. The van der Waals surface area contributed by atoms with Crippen molar-refractivity contribution in [3.05, 3.63) is 0 Å². The molecule has 0 saturated heterocycles. The van der Waals surface area contributed by atoms with Crippen molar-refractivity contribution in [2.24, 2.45) is 0 Å². The fourth-order valence-corrected chi connectivity index (χ4v) is 1.01. The van der Waals surface area contributed by atoms with Crippen LogP contribution in [-0.2, 0) is 4.74 Å². The van der Waals surface area contributed by atoms with Gasteiger partial charge in [0, 0.05) is 42.8 Å². The van der Waals surface area contributed by atoms with E-state index in [0.717, 1.165) is 13.2 Å². The molecule has 0 amide bonds. The zero-order valence-corrected chi connectivity index (χ0v) is 11.1. The Kier molecular flexibility index (Phi) is 18.6.